The van der Waals surface area contributed by atoms with E-state index in [9.17, 15) is 0 Å². The van der Waals surface area contributed by atoms with Crippen LogP contribution in [0.3, 0.4) is 0 Å². The van der Waals surface area contributed by atoms with Crippen LogP contribution in [0.15, 0.2) is 21.0 Å². The Kier molecular flexibility index (Phi) is 3.31. The van der Waals surface area contributed by atoms with Gasteiger partial charge < -0.3 is 10.2 Å². The van der Waals surface area contributed by atoms with Crippen molar-refractivity contribution in [2.24, 2.45) is 0 Å². The van der Waals surface area contributed by atoms with E-state index in [4.69, 9.17) is 10.2 Å². The minimum atomic E-state index is 0.481. The molecule has 19 heavy (non-hydrogen) atoms. The quantitative estimate of drug-likeness (QED) is 0.906. The lowest BCUT2D eigenvalue weighted by molar-refractivity contribution is 0.543. The Morgan fingerprint density at radius 3 is 2.63 bits per heavy atom. The first-order chi connectivity index (χ1) is 9.15. The summed E-state index contributed by atoms with van der Waals surface area (Å²) in [7, 11) is 0. The molecule has 2 aromatic heterocycles. The summed E-state index contributed by atoms with van der Waals surface area (Å²) in [6, 6.07) is 3.79. The lowest BCUT2D eigenvalue weighted by Crippen LogP contribution is -2.05. The highest BCUT2D eigenvalue weighted by Gasteiger charge is 2.24. The van der Waals surface area contributed by atoms with Crippen molar-refractivity contribution in [3.8, 4) is 11.6 Å². The molecule has 4 nitrogen and oxygen atoms in total. The summed E-state index contributed by atoms with van der Waals surface area (Å²) >= 11 is 3.52. The fraction of sp³-hybridized carbons (Fsp3) is 0.429. The Bertz CT molecular complexity index is 603. The van der Waals surface area contributed by atoms with Crippen LogP contribution < -0.4 is 5.73 Å². The van der Waals surface area contributed by atoms with Crippen LogP contribution in [0.25, 0.3) is 11.6 Å². The van der Waals surface area contributed by atoms with E-state index < -0.39 is 0 Å². The van der Waals surface area contributed by atoms with E-state index in [0.717, 1.165) is 15.9 Å². The van der Waals surface area contributed by atoms with Crippen LogP contribution >= 0.6 is 15.9 Å². The number of nitrogens with two attached hydrogens (primary N) is 1. The highest BCUT2D eigenvalue weighted by molar-refractivity contribution is 9.10. The number of nitrogen functional groups attached to an aromatic ring is 1. The zero-order valence-corrected chi connectivity index (χ0v) is 12.4. The average molecular weight is 322 g/mol. The van der Waals surface area contributed by atoms with Gasteiger partial charge in [0.1, 0.15) is 11.6 Å². The molecule has 5 heteroatoms. The number of anilines is 1. The normalized spacial score (nSPS) is 16.1. The highest BCUT2D eigenvalue weighted by Crippen LogP contribution is 2.39. The second kappa shape index (κ2) is 4.96. The third-order valence-corrected chi connectivity index (χ3v) is 4.42. The molecule has 0 aromatic carbocycles. The molecule has 3 rings (SSSR count). The Labute approximate surface area is 120 Å². The standard InChI is InChI=1S/C14H16BrN3O/c1-8-6-7-10(19-8)14-17-12(9-4-2-3-5-9)11(15)13(16)18-14/h6-7,9H,2-5H2,1H3,(H2,16,17,18). The maximum absolute atomic E-state index is 5.99. The van der Waals surface area contributed by atoms with Crippen molar-refractivity contribution in [1.82, 2.24) is 9.97 Å². The van der Waals surface area contributed by atoms with Crippen LogP contribution in [0, 0.1) is 6.92 Å². The predicted octanol–water partition coefficient (Wildman–Crippen LogP) is 4.05. The summed E-state index contributed by atoms with van der Waals surface area (Å²) in [5, 5.41) is 0. The molecule has 0 bridgehead atoms. The molecule has 1 aliphatic rings. The zero-order valence-electron chi connectivity index (χ0n) is 10.8. The lowest BCUT2D eigenvalue weighted by atomic mass is 10.0. The van der Waals surface area contributed by atoms with Gasteiger partial charge in [0.15, 0.2) is 11.6 Å². The van der Waals surface area contributed by atoms with E-state index in [2.05, 4.69) is 25.9 Å². The van der Waals surface area contributed by atoms with Crippen molar-refractivity contribution < 1.29 is 4.42 Å². The number of hydrogen-bond donors (Lipinski definition) is 1. The highest BCUT2D eigenvalue weighted by atomic mass is 79.9. The van der Waals surface area contributed by atoms with Crippen LogP contribution in [0.1, 0.15) is 43.1 Å². The predicted molar refractivity (Wildman–Crippen MR) is 77.8 cm³/mol. The molecule has 0 spiro atoms. The largest absolute Gasteiger partial charge is 0.458 e. The number of nitrogens with zero attached hydrogens (tertiary/aromatic N) is 2. The second-order valence-electron chi connectivity index (χ2n) is 5.02. The summed E-state index contributed by atoms with van der Waals surface area (Å²) < 4.78 is 6.43. The lowest BCUT2D eigenvalue weighted by Gasteiger charge is -2.13. The molecule has 0 unspecified atom stereocenters. The van der Waals surface area contributed by atoms with Gasteiger partial charge in [-0.2, -0.15) is 0 Å². The van der Waals surface area contributed by atoms with Crippen LogP contribution in [-0.2, 0) is 0 Å². The number of rotatable bonds is 2. The van der Waals surface area contributed by atoms with Crippen LogP contribution in [0.2, 0.25) is 0 Å². The van der Waals surface area contributed by atoms with Gasteiger partial charge in [-0.3, -0.25) is 0 Å². The minimum absolute atomic E-state index is 0.481. The van der Waals surface area contributed by atoms with Crippen molar-refractivity contribution >= 4 is 21.7 Å². The monoisotopic (exact) mass is 321 g/mol. The molecule has 2 heterocycles. The van der Waals surface area contributed by atoms with E-state index in [1.807, 2.05) is 19.1 Å². The van der Waals surface area contributed by atoms with Crippen molar-refractivity contribution in [2.45, 2.75) is 38.5 Å². The average Bonchev–Trinajstić information content (AvgIpc) is 3.03. The molecule has 1 fully saturated rings. The molecule has 1 aliphatic carbocycles. The van der Waals surface area contributed by atoms with Crippen molar-refractivity contribution in [3.05, 3.63) is 28.1 Å². The van der Waals surface area contributed by atoms with Crippen LogP contribution in [0.4, 0.5) is 5.82 Å². The van der Waals surface area contributed by atoms with Crippen molar-refractivity contribution in [3.63, 3.8) is 0 Å². The summed E-state index contributed by atoms with van der Waals surface area (Å²) in [4.78, 5) is 8.98. The van der Waals surface area contributed by atoms with E-state index >= 15 is 0 Å². The van der Waals surface area contributed by atoms with Crippen molar-refractivity contribution in [1.29, 1.82) is 0 Å². The summed E-state index contributed by atoms with van der Waals surface area (Å²) in [6.45, 7) is 1.91. The first-order valence-electron chi connectivity index (χ1n) is 6.55. The Morgan fingerprint density at radius 2 is 2.00 bits per heavy atom. The Morgan fingerprint density at radius 1 is 1.26 bits per heavy atom. The van der Waals surface area contributed by atoms with Gasteiger partial charge in [-0.05, 0) is 47.8 Å². The van der Waals surface area contributed by atoms with Gasteiger partial charge in [0.05, 0.1) is 10.2 Å². The molecule has 1 saturated carbocycles. The van der Waals surface area contributed by atoms with E-state index in [1.54, 1.807) is 0 Å². The number of hydrogen-bond acceptors (Lipinski definition) is 4. The van der Waals surface area contributed by atoms with Gasteiger partial charge >= 0.3 is 0 Å². The fourth-order valence-corrected chi connectivity index (χ4v) is 3.12. The molecular weight excluding hydrogens is 306 g/mol. The van der Waals surface area contributed by atoms with Gasteiger partial charge in [-0.25, -0.2) is 9.97 Å². The minimum Gasteiger partial charge on any atom is -0.458 e. The smallest absolute Gasteiger partial charge is 0.197 e. The number of aryl methyl sites for hydroxylation is 1. The molecule has 0 amide bonds. The fourth-order valence-electron chi connectivity index (χ4n) is 2.62. The first kappa shape index (κ1) is 12.7. The van der Waals surface area contributed by atoms with E-state index in [0.29, 0.717) is 23.3 Å². The SMILES string of the molecule is Cc1ccc(-c2nc(N)c(Br)c(C3CCCC3)n2)o1. The second-order valence-corrected chi connectivity index (χ2v) is 5.82. The van der Waals surface area contributed by atoms with Crippen LogP contribution in [-0.4, -0.2) is 9.97 Å². The van der Waals surface area contributed by atoms with E-state index in [-0.39, 0.29) is 0 Å². The number of aromatic nitrogens is 2. The third-order valence-electron chi connectivity index (χ3n) is 3.61. The summed E-state index contributed by atoms with van der Waals surface area (Å²) in [5.41, 5.74) is 7.02. The molecule has 2 N–H and O–H groups in total. The molecule has 0 radical (unpaired) electrons. The third kappa shape index (κ3) is 2.39. The number of furan rings is 1. The van der Waals surface area contributed by atoms with E-state index in [1.165, 1.54) is 25.7 Å². The molecule has 0 aliphatic heterocycles. The van der Waals surface area contributed by atoms with Gasteiger partial charge in [0.25, 0.3) is 0 Å². The Balaban J connectivity index is 2.06. The first-order valence-corrected chi connectivity index (χ1v) is 7.34. The van der Waals surface area contributed by atoms with Gasteiger partial charge in [0, 0.05) is 5.92 Å². The zero-order chi connectivity index (χ0) is 13.4. The van der Waals surface area contributed by atoms with Crippen molar-refractivity contribution in [2.75, 3.05) is 5.73 Å². The molecule has 0 atom stereocenters. The van der Waals surface area contributed by atoms with Crippen LogP contribution in [0.5, 0.6) is 0 Å². The maximum atomic E-state index is 5.99. The summed E-state index contributed by atoms with van der Waals surface area (Å²) in [5.74, 6) is 3.07. The molecular formula is C14H16BrN3O. The molecule has 2 aromatic rings. The topological polar surface area (TPSA) is 64.9 Å². The van der Waals surface area contributed by atoms with Gasteiger partial charge in [-0.15, -0.1) is 0 Å². The van der Waals surface area contributed by atoms with Gasteiger partial charge in [-0.1, -0.05) is 12.8 Å². The molecule has 100 valence electrons. The Hall–Kier alpha value is -1.36. The van der Waals surface area contributed by atoms with Gasteiger partial charge in [0.2, 0.25) is 0 Å². The summed E-state index contributed by atoms with van der Waals surface area (Å²) in [6.07, 6.45) is 4.86. The molecule has 0 saturated heterocycles. The number of halogens is 1. The maximum Gasteiger partial charge on any atom is 0.197 e.